The lowest BCUT2D eigenvalue weighted by Crippen LogP contribution is -2.12. The van der Waals surface area contributed by atoms with Gasteiger partial charge in [-0.2, -0.15) is 0 Å². The molecule has 2 N–H and O–H groups in total. The zero-order valence-electron chi connectivity index (χ0n) is 9.04. The summed E-state index contributed by atoms with van der Waals surface area (Å²) in [6, 6.07) is 5.33. The van der Waals surface area contributed by atoms with Gasteiger partial charge in [0.1, 0.15) is 11.5 Å². The van der Waals surface area contributed by atoms with Crippen molar-refractivity contribution in [3.8, 4) is 5.75 Å². The highest BCUT2D eigenvalue weighted by molar-refractivity contribution is 6.32. The largest absolute Gasteiger partial charge is 0.490 e. The van der Waals surface area contributed by atoms with E-state index in [0.717, 1.165) is 6.42 Å². The Morgan fingerprint density at radius 2 is 2.25 bits per heavy atom. The van der Waals surface area contributed by atoms with E-state index in [1.54, 1.807) is 18.2 Å². The minimum atomic E-state index is 0.180. The Kier molecular flexibility index (Phi) is 5.43. The Bertz CT molecular complexity index is 380. The van der Waals surface area contributed by atoms with Crippen molar-refractivity contribution in [2.45, 2.75) is 13.3 Å². The number of aliphatic imine (C=N–C) groups is 1. The second-order valence-corrected chi connectivity index (χ2v) is 3.85. The van der Waals surface area contributed by atoms with Crippen LogP contribution in [-0.2, 0) is 0 Å². The molecule has 1 rings (SSSR count). The number of para-hydroxylation sites is 1. The molecule has 0 amide bonds. The van der Waals surface area contributed by atoms with Gasteiger partial charge in [-0.15, -0.1) is 11.6 Å². The normalized spacial score (nSPS) is 11.6. The zero-order chi connectivity index (χ0) is 12.0. The van der Waals surface area contributed by atoms with Gasteiger partial charge in [-0.25, -0.2) is 4.99 Å². The number of nitrogens with zero attached hydrogens (tertiary/aromatic N) is 1. The summed E-state index contributed by atoms with van der Waals surface area (Å²) in [5, 5.41) is 0.525. The molecule has 3 nitrogen and oxygen atoms in total. The van der Waals surface area contributed by atoms with Crippen LogP contribution in [0.1, 0.15) is 13.3 Å². The van der Waals surface area contributed by atoms with E-state index in [9.17, 15) is 0 Å². The molecule has 88 valence electrons. The lowest BCUT2D eigenvalue weighted by molar-refractivity contribution is 0.319. The predicted molar refractivity (Wildman–Crippen MR) is 69.2 cm³/mol. The van der Waals surface area contributed by atoms with Crippen molar-refractivity contribution in [1.29, 1.82) is 0 Å². The van der Waals surface area contributed by atoms with Gasteiger partial charge in [0.05, 0.1) is 17.5 Å². The Morgan fingerprint density at radius 3 is 2.88 bits per heavy atom. The molecule has 16 heavy (non-hydrogen) atoms. The molecule has 0 saturated heterocycles. The smallest absolute Gasteiger partial charge is 0.163 e. The fourth-order valence-corrected chi connectivity index (χ4v) is 1.40. The molecule has 0 radical (unpaired) electrons. The first kappa shape index (κ1) is 13.1. The Morgan fingerprint density at radius 1 is 1.50 bits per heavy atom. The highest BCUT2D eigenvalue weighted by Crippen LogP contribution is 2.35. The number of nitrogens with two attached hydrogens (primary N) is 1. The molecule has 1 aromatic carbocycles. The molecule has 0 aliphatic rings. The molecular weight excluding hydrogens is 247 g/mol. The molecule has 0 saturated carbocycles. The summed E-state index contributed by atoms with van der Waals surface area (Å²) < 4.78 is 5.52. The minimum absolute atomic E-state index is 0.180. The highest BCUT2D eigenvalue weighted by atomic mass is 35.5. The van der Waals surface area contributed by atoms with Gasteiger partial charge in [0, 0.05) is 0 Å². The third-order valence-electron chi connectivity index (χ3n) is 1.80. The van der Waals surface area contributed by atoms with Gasteiger partial charge in [0.2, 0.25) is 0 Å². The predicted octanol–water partition coefficient (Wildman–Crippen LogP) is 3.36. The van der Waals surface area contributed by atoms with Gasteiger partial charge in [0.15, 0.2) is 5.75 Å². The van der Waals surface area contributed by atoms with Crippen LogP contribution in [0.25, 0.3) is 0 Å². The summed E-state index contributed by atoms with van der Waals surface area (Å²) in [6.45, 7) is 2.61. The van der Waals surface area contributed by atoms with Gasteiger partial charge >= 0.3 is 0 Å². The number of alkyl halides is 1. The fourth-order valence-electron chi connectivity index (χ4n) is 1.12. The summed E-state index contributed by atoms with van der Waals surface area (Å²) >= 11 is 11.6. The van der Waals surface area contributed by atoms with E-state index < -0.39 is 0 Å². The molecule has 0 unspecified atom stereocenters. The molecule has 0 spiro atoms. The molecule has 0 heterocycles. The second-order valence-electron chi connectivity index (χ2n) is 3.17. The monoisotopic (exact) mass is 260 g/mol. The highest BCUT2D eigenvalue weighted by Gasteiger charge is 2.07. The Balaban J connectivity index is 3.02. The molecule has 5 heteroatoms. The van der Waals surface area contributed by atoms with Crippen molar-refractivity contribution in [3.63, 3.8) is 0 Å². The Hall–Kier alpha value is -0.930. The molecule has 1 aromatic rings. The van der Waals surface area contributed by atoms with Gasteiger partial charge in [-0.05, 0) is 18.6 Å². The number of rotatable bonds is 5. The van der Waals surface area contributed by atoms with Crippen molar-refractivity contribution in [2.24, 2.45) is 10.7 Å². The average Bonchev–Trinajstić information content (AvgIpc) is 2.28. The van der Waals surface area contributed by atoms with Crippen LogP contribution < -0.4 is 10.5 Å². The van der Waals surface area contributed by atoms with E-state index >= 15 is 0 Å². The maximum Gasteiger partial charge on any atom is 0.163 e. The van der Waals surface area contributed by atoms with Crippen molar-refractivity contribution in [3.05, 3.63) is 23.2 Å². The van der Waals surface area contributed by atoms with Gasteiger partial charge in [-0.3, -0.25) is 0 Å². The Labute approximate surface area is 105 Å². The summed E-state index contributed by atoms with van der Waals surface area (Å²) in [6.07, 6.45) is 0.902. The average molecular weight is 261 g/mol. The van der Waals surface area contributed by atoms with Crippen molar-refractivity contribution in [1.82, 2.24) is 0 Å². The molecule has 0 aromatic heterocycles. The van der Waals surface area contributed by atoms with E-state index in [1.807, 2.05) is 6.92 Å². The minimum Gasteiger partial charge on any atom is -0.490 e. The van der Waals surface area contributed by atoms with Gasteiger partial charge < -0.3 is 10.5 Å². The lowest BCUT2D eigenvalue weighted by Gasteiger charge is -2.09. The fraction of sp³-hybridized carbons (Fsp3) is 0.364. The number of hydrogen-bond donors (Lipinski definition) is 1. The van der Waals surface area contributed by atoms with Gasteiger partial charge in [0.25, 0.3) is 0 Å². The van der Waals surface area contributed by atoms with Crippen LogP contribution in [0.15, 0.2) is 23.2 Å². The molecule has 0 fully saturated rings. The number of benzene rings is 1. The standard InChI is InChI=1S/C11H14Cl2N2O/c1-2-6-16-11-8(13)4-3-5-9(11)15-10(14)7-12/h3-5H,2,6-7H2,1H3,(H2,14,15). The summed E-state index contributed by atoms with van der Waals surface area (Å²) in [4.78, 5) is 4.14. The number of ether oxygens (including phenoxy) is 1. The van der Waals surface area contributed by atoms with Crippen molar-refractivity contribution >= 4 is 34.7 Å². The molecule has 0 atom stereocenters. The van der Waals surface area contributed by atoms with E-state index in [4.69, 9.17) is 33.7 Å². The summed E-state index contributed by atoms with van der Waals surface area (Å²) in [5.74, 6) is 1.07. The van der Waals surface area contributed by atoms with Crippen LogP contribution in [0, 0.1) is 0 Å². The molecule has 0 aliphatic heterocycles. The van der Waals surface area contributed by atoms with Crippen LogP contribution in [0.5, 0.6) is 5.75 Å². The first-order chi connectivity index (χ1) is 7.69. The molecule has 0 aliphatic carbocycles. The molecule has 0 bridgehead atoms. The molecular formula is C11H14Cl2N2O. The summed E-state index contributed by atoms with van der Waals surface area (Å²) in [5.41, 5.74) is 6.18. The van der Waals surface area contributed by atoms with Crippen LogP contribution in [0.3, 0.4) is 0 Å². The third kappa shape index (κ3) is 3.58. The summed E-state index contributed by atoms with van der Waals surface area (Å²) in [7, 11) is 0. The number of hydrogen-bond acceptors (Lipinski definition) is 2. The van der Waals surface area contributed by atoms with E-state index in [0.29, 0.717) is 28.9 Å². The zero-order valence-corrected chi connectivity index (χ0v) is 10.6. The lowest BCUT2D eigenvalue weighted by atomic mass is 10.3. The number of halogens is 2. The van der Waals surface area contributed by atoms with Crippen LogP contribution in [0.4, 0.5) is 5.69 Å². The van der Waals surface area contributed by atoms with Crippen LogP contribution >= 0.6 is 23.2 Å². The maximum atomic E-state index is 6.02. The van der Waals surface area contributed by atoms with E-state index in [-0.39, 0.29) is 5.88 Å². The quantitative estimate of drug-likeness (QED) is 0.502. The maximum absolute atomic E-state index is 6.02. The second kappa shape index (κ2) is 6.61. The number of amidine groups is 1. The third-order valence-corrected chi connectivity index (χ3v) is 2.37. The van der Waals surface area contributed by atoms with E-state index in [2.05, 4.69) is 4.99 Å². The first-order valence-electron chi connectivity index (χ1n) is 4.99. The van der Waals surface area contributed by atoms with Crippen LogP contribution in [-0.4, -0.2) is 18.3 Å². The van der Waals surface area contributed by atoms with Crippen molar-refractivity contribution < 1.29 is 4.74 Å². The first-order valence-corrected chi connectivity index (χ1v) is 5.90. The topological polar surface area (TPSA) is 47.6 Å². The van der Waals surface area contributed by atoms with E-state index in [1.165, 1.54) is 0 Å². The van der Waals surface area contributed by atoms with Crippen LogP contribution in [0.2, 0.25) is 5.02 Å². The SMILES string of the molecule is CCCOc1c(Cl)cccc1N=C(N)CCl. The van der Waals surface area contributed by atoms with Gasteiger partial charge in [-0.1, -0.05) is 24.6 Å². The van der Waals surface area contributed by atoms with Crippen molar-refractivity contribution in [2.75, 3.05) is 12.5 Å².